The van der Waals surface area contributed by atoms with Crippen molar-refractivity contribution < 1.29 is 14.2 Å². The molecule has 0 saturated carbocycles. The fourth-order valence-electron chi connectivity index (χ4n) is 1.29. The normalized spacial score (nSPS) is 12.0. The first kappa shape index (κ1) is 17.8. The Morgan fingerprint density at radius 3 is 1.78 bits per heavy atom. The zero-order valence-corrected chi connectivity index (χ0v) is 12.6. The van der Waals surface area contributed by atoms with Gasteiger partial charge < -0.3 is 19.5 Å². The van der Waals surface area contributed by atoms with Crippen LogP contribution in [-0.4, -0.2) is 51.7 Å². The Hall–Kier alpha value is -0.160. The van der Waals surface area contributed by atoms with Crippen molar-refractivity contribution in [2.45, 2.75) is 46.1 Å². The third kappa shape index (κ3) is 15.8. The monoisotopic (exact) mass is 261 g/mol. The summed E-state index contributed by atoms with van der Waals surface area (Å²) < 4.78 is 16.2. The molecule has 0 aromatic heterocycles. The molecule has 18 heavy (non-hydrogen) atoms. The van der Waals surface area contributed by atoms with Crippen molar-refractivity contribution in [3.63, 3.8) is 0 Å². The summed E-state index contributed by atoms with van der Waals surface area (Å²) in [4.78, 5) is 0. The summed E-state index contributed by atoms with van der Waals surface area (Å²) >= 11 is 0. The van der Waals surface area contributed by atoms with Crippen LogP contribution in [0.2, 0.25) is 0 Å². The highest BCUT2D eigenvalue weighted by Crippen LogP contribution is 1.96. The highest BCUT2D eigenvalue weighted by atomic mass is 16.5. The second kappa shape index (κ2) is 11.9. The molecule has 0 amide bonds. The van der Waals surface area contributed by atoms with E-state index in [1.807, 2.05) is 0 Å². The predicted octanol–water partition coefficient (Wildman–Crippen LogP) is 2.22. The van der Waals surface area contributed by atoms with Gasteiger partial charge in [0.1, 0.15) is 0 Å². The predicted molar refractivity (Wildman–Crippen MR) is 75.1 cm³/mol. The molecule has 0 rings (SSSR count). The maximum atomic E-state index is 5.45. The van der Waals surface area contributed by atoms with Gasteiger partial charge in [0, 0.05) is 18.7 Å². The lowest BCUT2D eigenvalue weighted by atomic mass is 10.1. The van der Waals surface area contributed by atoms with E-state index in [2.05, 4.69) is 33.0 Å². The van der Waals surface area contributed by atoms with E-state index >= 15 is 0 Å². The van der Waals surface area contributed by atoms with Gasteiger partial charge in [0.15, 0.2) is 0 Å². The van der Waals surface area contributed by atoms with Crippen molar-refractivity contribution in [2.24, 2.45) is 0 Å². The van der Waals surface area contributed by atoms with Gasteiger partial charge in [-0.25, -0.2) is 0 Å². The van der Waals surface area contributed by atoms with Crippen molar-refractivity contribution in [1.82, 2.24) is 5.32 Å². The van der Waals surface area contributed by atoms with E-state index in [1.54, 1.807) is 0 Å². The molecule has 0 radical (unpaired) electrons. The number of nitrogens with one attached hydrogen (secondary N) is 1. The van der Waals surface area contributed by atoms with E-state index in [4.69, 9.17) is 14.2 Å². The summed E-state index contributed by atoms with van der Waals surface area (Å²) in [6.07, 6.45) is 2.31. The van der Waals surface area contributed by atoms with E-state index in [9.17, 15) is 0 Å². The number of hydrogen-bond acceptors (Lipinski definition) is 4. The number of unbranched alkanes of at least 4 members (excludes halogenated alkanes) is 1. The average Bonchev–Trinajstić information content (AvgIpc) is 2.29. The molecule has 4 heteroatoms. The van der Waals surface area contributed by atoms with Gasteiger partial charge in [0.05, 0.1) is 33.0 Å². The molecule has 0 aliphatic carbocycles. The summed E-state index contributed by atoms with van der Waals surface area (Å²) in [5.74, 6) is 0. The SMILES string of the molecule is CCCCOCCOCCOCCNC(C)(C)C. The van der Waals surface area contributed by atoms with Gasteiger partial charge in [-0.1, -0.05) is 13.3 Å². The van der Waals surface area contributed by atoms with Crippen LogP contribution in [0.15, 0.2) is 0 Å². The van der Waals surface area contributed by atoms with Crippen LogP contribution in [0.5, 0.6) is 0 Å². The lowest BCUT2D eigenvalue weighted by molar-refractivity contribution is 0.0141. The topological polar surface area (TPSA) is 39.7 Å². The maximum Gasteiger partial charge on any atom is 0.0701 e. The van der Waals surface area contributed by atoms with Crippen molar-refractivity contribution in [3.8, 4) is 0 Å². The second-order valence-electron chi connectivity index (χ2n) is 5.37. The Bertz CT molecular complexity index is 169. The van der Waals surface area contributed by atoms with Crippen LogP contribution in [0.25, 0.3) is 0 Å². The Kier molecular flexibility index (Phi) is 11.8. The third-order valence-electron chi connectivity index (χ3n) is 2.29. The Morgan fingerprint density at radius 1 is 0.778 bits per heavy atom. The van der Waals surface area contributed by atoms with Gasteiger partial charge in [-0.15, -0.1) is 0 Å². The molecule has 4 nitrogen and oxygen atoms in total. The molecule has 0 spiro atoms. The first-order chi connectivity index (χ1) is 8.56. The molecule has 0 saturated heterocycles. The fourth-order valence-corrected chi connectivity index (χ4v) is 1.29. The van der Waals surface area contributed by atoms with Crippen molar-refractivity contribution in [3.05, 3.63) is 0 Å². The molecule has 0 aliphatic rings. The standard InChI is InChI=1S/C14H31NO3/c1-5-6-8-16-10-12-18-13-11-17-9-7-15-14(2,3)4/h15H,5-13H2,1-4H3. The smallest absolute Gasteiger partial charge is 0.0701 e. The third-order valence-corrected chi connectivity index (χ3v) is 2.29. The van der Waals surface area contributed by atoms with Gasteiger partial charge >= 0.3 is 0 Å². The van der Waals surface area contributed by atoms with Crippen LogP contribution in [-0.2, 0) is 14.2 Å². The summed E-state index contributed by atoms with van der Waals surface area (Å²) in [6, 6.07) is 0. The van der Waals surface area contributed by atoms with Crippen molar-refractivity contribution in [1.29, 1.82) is 0 Å². The average molecular weight is 261 g/mol. The van der Waals surface area contributed by atoms with E-state index < -0.39 is 0 Å². The molecule has 0 heterocycles. The minimum atomic E-state index is 0.162. The van der Waals surface area contributed by atoms with Gasteiger partial charge in [-0.05, 0) is 27.2 Å². The zero-order chi connectivity index (χ0) is 13.7. The van der Waals surface area contributed by atoms with Gasteiger partial charge in [-0.3, -0.25) is 0 Å². The number of ether oxygens (including phenoxy) is 3. The van der Waals surface area contributed by atoms with Gasteiger partial charge in [0.25, 0.3) is 0 Å². The van der Waals surface area contributed by atoms with Crippen LogP contribution in [0.1, 0.15) is 40.5 Å². The van der Waals surface area contributed by atoms with E-state index in [-0.39, 0.29) is 5.54 Å². The molecule has 110 valence electrons. The number of rotatable bonds is 12. The summed E-state index contributed by atoms with van der Waals surface area (Å²) in [5, 5.41) is 3.37. The number of hydrogen-bond donors (Lipinski definition) is 1. The van der Waals surface area contributed by atoms with Crippen LogP contribution in [0, 0.1) is 0 Å². The lowest BCUT2D eigenvalue weighted by Gasteiger charge is -2.20. The van der Waals surface area contributed by atoms with E-state index in [0.29, 0.717) is 26.4 Å². The minimum Gasteiger partial charge on any atom is -0.379 e. The van der Waals surface area contributed by atoms with Crippen LogP contribution in [0.3, 0.4) is 0 Å². The maximum absolute atomic E-state index is 5.45. The molecule has 1 N–H and O–H groups in total. The summed E-state index contributed by atoms with van der Waals surface area (Å²) in [7, 11) is 0. The second-order valence-corrected chi connectivity index (χ2v) is 5.37. The molecular weight excluding hydrogens is 230 g/mol. The summed E-state index contributed by atoms with van der Waals surface area (Å²) in [6.45, 7) is 13.7. The quantitative estimate of drug-likeness (QED) is 0.547. The van der Waals surface area contributed by atoms with Crippen molar-refractivity contribution >= 4 is 0 Å². The molecular formula is C14H31NO3. The Balaban J connectivity index is 2.99. The lowest BCUT2D eigenvalue weighted by Crippen LogP contribution is -2.38. The summed E-state index contributed by atoms with van der Waals surface area (Å²) in [5.41, 5.74) is 0.162. The van der Waals surface area contributed by atoms with Gasteiger partial charge in [0.2, 0.25) is 0 Å². The molecule has 0 bridgehead atoms. The van der Waals surface area contributed by atoms with Crippen LogP contribution >= 0.6 is 0 Å². The minimum absolute atomic E-state index is 0.162. The Morgan fingerprint density at radius 2 is 1.28 bits per heavy atom. The fraction of sp³-hybridized carbons (Fsp3) is 1.00. The zero-order valence-electron chi connectivity index (χ0n) is 12.6. The molecule has 0 atom stereocenters. The Labute approximate surface area is 112 Å². The molecule has 0 fully saturated rings. The highest BCUT2D eigenvalue weighted by molar-refractivity contribution is 4.69. The molecule has 0 aliphatic heterocycles. The van der Waals surface area contributed by atoms with Crippen LogP contribution in [0.4, 0.5) is 0 Å². The molecule has 0 unspecified atom stereocenters. The largest absolute Gasteiger partial charge is 0.379 e. The molecule has 0 aromatic rings. The van der Waals surface area contributed by atoms with Crippen molar-refractivity contribution in [2.75, 3.05) is 46.2 Å². The van der Waals surface area contributed by atoms with E-state index in [0.717, 1.165) is 26.2 Å². The van der Waals surface area contributed by atoms with E-state index in [1.165, 1.54) is 6.42 Å². The first-order valence-corrected chi connectivity index (χ1v) is 7.04. The first-order valence-electron chi connectivity index (χ1n) is 7.04. The van der Waals surface area contributed by atoms with Gasteiger partial charge in [-0.2, -0.15) is 0 Å². The molecule has 0 aromatic carbocycles. The highest BCUT2D eigenvalue weighted by Gasteiger charge is 2.06. The van der Waals surface area contributed by atoms with Crippen LogP contribution < -0.4 is 5.32 Å².